The molecule has 2 N–H and O–H groups in total. The van der Waals surface area contributed by atoms with Gasteiger partial charge < -0.3 is 29.7 Å². The van der Waals surface area contributed by atoms with Crippen molar-refractivity contribution >= 4 is 23.4 Å². The van der Waals surface area contributed by atoms with Crippen LogP contribution in [0.25, 0.3) is 0 Å². The SMILES string of the molecule is COc1ccc(CCN2CC(=O)N[C@@H](C(=O)NC3CCCCC3)Cc3cccc(c3)Oc3cc(ccc3[N+](=O)[O-])C2=O)cc1OC. The molecule has 5 rings (SSSR count). The highest BCUT2D eigenvalue weighted by Gasteiger charge is 2.28. The van der Waals surface area contributed by atoms with Crippen molar-refractivity contribution in [1.29, 1.82) is 0 Å². The van der Waals surface area contributed by atoms with Gasteiger partial charge in [0.1, 0.15) is 11.8 Å². The van der Waals surface area contributed by atoms with Gasteiger partial charge >= 0.3 is 5.69 Å². The molecule has 0 radical (unpaired) electrons. The number of nitrogens with one attached hydrogen (secondary N) is 2. The summed E-state index contributed by atoms with van der Waals surface area (Å²) in [7, 11) is 3.07. The molecule has 1 aliphatic heterocycles. The van der Waals surface area contributed by atoms with E-state index < -0.39 is 22.8 Å². The van der Waals surface area contributed by atoms with Gasteiger partial charge in [-0.05, 0) is 60.7 Å². The summed E-state index contributed by atoms with van der Waals surface area (Å²) in [4.78, 5) is 53.6. The van der Waals surface area contributed by atoms with E-state index in [0.717, 1.165) is 37.7 Å². The predicted molar refractivity (Wildman–Crippen MR) is 169 cm³/mol. The molecule has 2 aliphatic rings. The van der Waals surface area contributed by atoms with Gasteiger partial charge in [0.15, 0.2) is 11.5 Å². The van der Waals surface area contributed by atoms with Crippen LogP contribution in [0.4, 0.5) is 5.69 Å². The molecule has 3 amide bonds. The Balaban J connectivity index is 1.48. The van der Waals surface area contributed by atoms with E-state index in [1.165, 1.54) is 37.3 Å². The van der Waals surface area contributed by atoms with Crippen molar-refractivity contribution in [3.63, 3.8) is 0 Å². The van der Waals surface area contributed by atoms with E-state index in [1.54, 1.807) is 36.4 Å². The van der Waals surface area contributed by atoms with Crippen LogP contribution in [0.3, 0.4) is 0 Å². The summed E-state index contributed by atoms with van der Waals surface area (Å²) in [6, 6.07) is 15.2. The Bertz CT molecular complexity index is 1600. The lowest BCUT2D eigenvalue weighted by molar-refractivity contribution is -0.385. The summed E-state index contributed by atoms with van der Waals surface area (Å²) in [6.07, 6.45) is 5.48. The first kappa shape index (κ1) is 32.3. The van der Waals surface area contributed by atoms with Gasteiger partial charge in [0.25, 0.3) is 5.91 Å². The van der Waals surface area contributed by atoms with Crippen LogP contribution in [0.15, 0.2) is 60.7 Å². The number of hydrogen-bond donors (Lipinski definition) is 2. The maximum Gasteiger partial charge on any atom is 0.311 e. The maximum atomic E-state index is 13.9. The minimum absolute atomic E-state index is 0.0334. The van der Waals surface area contributed by atoms with E-state index in [2.05, 4.69) is 10.6 Å². The van der Waals surface area contributed by atoms with Crippen molar-refractivity contribution in [2.75, 3.05) is 27.3 Å². The third-order valence-corrected chi connectivity index (χ3v) is 8.31. The number of nitrogens with zero attached hydrogens (tertiary/aromatic N) is 2. The molecule has 3 aromatic carbocycles. The van der Waals surface area contributed by atoms with Crippen LogP contribution in [-0.2, 0) is 22.4 Å². The van der Waals surface area contributed by atoms with E-state index in [-0.39, 0.29) is 48.5 Å². The summed E-state index contributed by atoms with van der Waals surface area (Å²) >= 11 is 0. The highest BCUT2D eigenvalue weighted by Crippen LogP contribution is 2.34. The second-order valence-electron chi connectivity index (χ2n) is 11.5. The third-order valence-electron chi connectivity index (χ3n) is 8.31. The number of hydrogen-bond acceptors (Lipinski definition) is 8. The molecule has 12 heteroatoms. The second-order valence-corrected chi connectivity index (χ2v) is 11.5. The van der Waals surface area contributed by atoms with E-state index in [4.69, 9.17) is 14.2 Å². The number of ether oxygens (including phenoxy) is 3. The molecule has 1 atom stereocenters. The van der Waals surface area contributed by atoms with Crippen LogP contribution in [0.1, 0.15) is 53.6 Å². The van der Waals surface area contributed by atoms with E-state index in [9.17, 15) is 24.5 Å². The lowest BCUT2D eigenvalue weighted by atomic mass is 9.95. The summed E-state index contributed by atoms with van der Waals surface area (Å²) in [5.74, 6) is -0.0625. The Morgan fingerprint density at radius 2 is 1.80 bits per heavy atom. The van der Waals surface area contributed by atoms with Crippen LogP contribution in [-0.4, -0.2) is 66.9 Å². The van der Waals surface area contributed by atoms with Crippen LogP contribution >= 0.6 is 0 Å². The first-order chi connectivity index (χ1) is 22.2. The van der Waals surface area contributed by atoms with Crippen LogP contribution in [0, 0.1) is 10.1 Å². The highest BCUT2D eigenvalue weighted by atomic mass is 16.6. The predicted octanol–water partition coefficient (Wildman–Crippen LogP) is 4.58. The summed E-state index contributed by atoms with van der Waals surface area (Å²) in [6.45, 7) is -0.209. The fourth-order valence-corrected chi connectivity index (χ4v) is 5.88. The van der Waals surface area contributed by atoms with Crippen LogP contribution in [0.2, 0.25) is 0 Å². The molecule has 46 heavy (non-hydrogen) atoms. The van der Waals surface area contributed by atoms with Gasteiger partial charge in [-0.15, -0.1) is 0 Å². The zero-order valence-corrected chi connectivity index (χ0v) is 26.0. The van der Waals surface area contributed by atoms with Crippen LogP contribution < -0.4 is 24.8 Å². The van der Waals surface area contributed by atoms with E-state index in [0.29, 0.717) is 29.2 Å². The first-order valence-corrected chi connectivity index (χ1v) is 15.4. The van der Waals surface area contributed by atoms with Gasteiger partial charge in [-0.1, -0.05) is 37.5 Å². The Labute approximate surface area is 267 Å². The molecule has 3 aromatic rings. The van der Waals surface area contributed by atoms with Gasteiger partial charge in [0, 0.05) is 36.7 Å². The number of nitro benzene ring substituents is 1. The monoisotopic (exact) mass is 630 g/mol. The standard InChI is InChI=1S/C34H38N4O8/c1-44-29-14-11-22(19-31(29)45-2)15-16-37-21-32(39)36-27(33(40)35-25-8-4-3-5-9-25)18-23-7-6-10-26(17-23)46-30-20-24(34(37)41)12-13-28(30)38(42)43/h6-7,10-14,17,19-20,25,27H,3-5,8-9,15-16,18,21H2,1-2H3,(H,35,40)(H,36,39)/t27-/m1/s1. The number of benzene rings is 3. The van der Waals surface area contributed by atoms with Gasteiger partial charge in [-0.2, -0.15) is 0 Å². The number of amides is 3. The minimum Gasteiger partial charge on any atom is -0.493 e. The van der Waals surface area contributed by atoms with Crippen molar-refractivity contribution in [2.24, 2.45) is 0 Å². The maximum absolute atomic E-state index is 13.9. The zero-order chi connectivity index (χ0) is 32.6. The molecule has 1 fully saturated rings. The molecule has 0 saturated heterocycles. The van der Waals surface area contributed by atoms with Gasteiger partial charge in [0.2, 0.25) is 17.6 Å². The number of rotatable bonds is 8. The molecule has 1 aliphatic carbocycles. The largest absolute Gasteiger partial charge is 0.493 e. The van der Waals surface area contributed by atoms with Gasteiger partial charge in [0.05, 0.1) is 25.7 Å². The zero-order valence-electron chi connectivity index (χ0n) is 26.0. The molecule has 4 bridgehead atoms. The molecule has 1 heterocycles. The molecule has 12 nitrogen and oxygen atoms in total. The van der Waals surface area contributed by atoms with Crippen molar-refractivity contribution in [3.05, 3.63) is 87.5 Å². The second kappa shape index (κ2) is 14.8. The van der Waals surface area contributed by atoms with E-state index >= 15 is 0 Å². The average Bonchev–Trinajstić information content (AvgIpc) is 3.06. The number of carbonyl (C=O) groups is 3. The molecule has 242 valence electrons. The lowest BCUT2D eigenvalue weighted by Gasteiger charge is -2.28. The Morgan fingerprint density at radius 1 is 1.02 bits per heavy atom. The summed E-state index contributed by atoms with van der Waals surface area (Å²) in [5, 5.41) is 17.8. The molecule has 0 spiro atoms. The van der Waals surface area contributed by atoms with Gasteiger partial charge in [-0.3, -0.25) is 24.5 Å². The summed E-state index contributed by atoms with van der Waals surface area (Å²) < 4.78 is 16.7. The molecular formula is C34H38N4O8. The molecule has 0 unspecified atom stereocenters. The van der Waals surface area contributed by atoms with Crippen molar-refractivity contribution in [3.8, 4) is 23.0 Å². The average molecular weight is 631 g/mol. The first-order valence-electron chi connectivity index (χ1n) is 15.4. The normalized spacial score (nSPS) is 17.3. The number of carbonyl (C=O) groups excluding carboxylic acids is 3. The summed E-state index contributed by atoms with van der Waals surface area (Å²) in [5.41, 5.74) is 1.33. The van der Waals surface area contributed by atoms with E-state index in [1.807, 2.05) is 6.07 Å². The Kier molecular flexibility index (Phi) is 10.4. The lowest BCUT2D eigenvalue weighted by Crippen LogP contribution is -2.53. The fourth-order valence-electron chi connectivity index (χ4n) is 5.88. The number of nitro groups is 1. The molecule has 1 saturated carbocycles. The van der Waals surface area contributed by atoms with Crippen LogP contribution in [0.5, 0.6) is 23.0 Å². The van der Waals surface area contributed by atoms with Gasteiger partial charge in [-0.25, -0.2) is 0 Å². The highest BCUT2D eigenvalue weighted by molar-refractivity contribution is 5.98. The number of methoxy groups -OCH3 is 2. The minimum atomic E-state index is -0.914. The smallest absolute Gasteiger partial charge is 0.311 e. The van der Waals surface area contributed by atoms with Crippen molar-refractivity contribution < 1.29 is 33.5 Å². The Hall–Kier alpha value is -5.13. The Morgan fingerprint density at radius 3 is 2.54 bits per heavy atom. The fraction of sp³-hybridized carbons (Fsp3) is 0.382. The number of fused-ring (bicyclic) bond motifs is 4. The van der Waals surface area contributed by atoms with Crippen molar-refractivity contribution in [1.82, 2.24) is 15.5 Å². The van der Waals surface area contributed by atoms with Crippen molar-refractivity contribution in [2.45, 2.75) is 57.0 Å². The molecule has 0 aromatic heterocycles. The molecular weight excluding hydrogens is 592 g/mol. The third kappa shape index (κ3) is 7.92. The topological polar surface area (TPSA) is 149 Å². The quantitative estimate of drug-likeness (QED) is 0.271.